The van der Waals surface area contributed by atoms with Crippen LogP contribution in [0.25, 0.3) is 0 Å². The van der Waals surface area contributed by atoms with Crippen LogP contribution in [0.1, 0.15) is 6.92 Å². The Bertz CT molecular complexity index is 664. The van der Waals surface area contributed by atoms with E-state index in [1.165, 1.54) is 23.9 Å². The molecule has 0 saturated carbocycles. The van der Waals surface area contributed by atoms with E-state index in [2.05, 4.69) is 21.2 Å². The normalized spacial score (nSPS) is 11.8. The molecule has 3 nitrogen and oxygen atoms in total. The van der Waals surface area contributed by atoms with Gasteiger partial charge in [-0.15, -0.1) is 11.8 Å². The second-order valence-corrected chi connectivity index (χ2v) is 6.88. The molecule has 0 fully saturated rings. The fraction of sp³-hybridized carbons (Fsp3) is 0.188. The van der Waals surface area contributed by atoms with Gasteiger partial charge in [0.05, 0.1) is 18.0 Å². The third kappa shape index (κ3) is 4.48. The van der Waals surface area contributed by atoms with E-state index in [0.29, 0.717) is 4.47 Å². The molecule has 0 spiro atoms. The Hall–Kier alpha value is -1.53. The first-order valence-corrected chi connectivity index (χ1v) is 8.23. The summed E-state index contributed by atoms with van der Waals surface area (Å²) in [6.07, 6.45) is 0. The van der Waals surface area contributed by atoms with Crippen LogP contribution in [0.4, 0.5) is 10.1 Å². The number of methoxy groups -OCH3 is 1. The maximum absolute atomic E-state index is 13.7. The van der Waals surface area contributed by atoms with Crippen LogP contribution in [0.2, 0.25) is 0 Å². The van der Waals surface area contributed by atoms with E-state index in [4.69, 9.17) is 4.74 Å². The number of halogens is 2. The third-order valence-corrected chi connectivity index (χ3v) is 4.54. The first-order valence-electron chi connectivity index (χ1n) is 6.56. The van der Waals surface area contributed by atoms with Crippen LogP contribution in [-0.4, -0.2) is 18.3 Å². The average molecular weight is 384 g/mol. The summed E-state index contributed by atoms with van der Waals surface area (Å²) in [6.45, 7) is 1.78. The van der Waals surface area contributed by atoms with Crippen molar-refractivity contribution in [2.75, 3.05) is 12.4 Å². The van der Waals surface area contributed by atoms with Crippen LogP contribution >= 0.6 is 27.7 Å². The van der Waals surface area contributed by atoms with Crippen molar-refractivity contribution in [2.24, 2.45) is 0 Å². The number of carbonyl (C=O) groups is 1. The number of hydrogen-bond donors (Lipinski definition) is 1. The van der Waals surface area contributed by atoms with Gasteiger partial charge in [-0.1, -0.05) is 15.9 Å². The Morgan fingerprint density at radius 1 is 1.27 bits per heavy atom. The van der Waals surface area contributed by atoms with Crippen LogP contribution in [-0.2, 0) is 4.79 Å². The third-order valence-electron chi connectivity index (χ3n) is 2.93. The zero-order chi connectivity index (χ0) is 16.1. The minimum Gasteiger partial charge on any atom is -0.497 e. The fourth-order valence-corrected chi connectivity index (χ4v) is 2.94. The van der Waals surface area contributed by atoms with Gasteiger partial charge < -0.3 is 10.1 Å². The highest BCUT2D eigenvalue weighted by Gasteiger charge is 2.16. The lowest BCUT2D eigenvalue weighted by Crippen LogP contribution is -2.22. The van der Waals surface area contributed by atoms with Gasteiger partial charge in [-0.25, -0.2) is 4.39 Å². The van der Waals surface area contributed by atoms with Crippen molar-refractivity contribution in [1.82, 2.24) is 0 Å². The number of hydrogen-bond acceptors (Lipinski definition) is 3. The number of anilines is 1. The van der Waals surface area contributed by atoms with Crippen molar-refractivity contribution in [3.63, 3.8) is 0 Å². The minimum absolute atomic E-state index is 0.176. The van der Waals surface area contributed by atoms with Gasteiger partial charge in [-0.3, -0.25) is 4.79 Å². The molecule has 0 radical (unpaired) electrons. The van der Waals surface area contributed by atoms with Crippen LogP contribution < -0.4 is 10.1 Å². The summed E-state index contributed by atoms with van der Waals surface area (Å²) in [4.78, 5) is 13.1. The van der Waals surface area contributed by atoms with Gasteiger partial charge in [-0.05, 0) is 49.4 Å². The first kappa shape index (κ1) is 16.8. The highest BCUT2D eigenvalue weighted by atomic mass is 79.9. The zero-order valence-electron chi connectivity index (χ0n) is 12.1. The smallest absolute Gasteiger partial charge is 0.237 e. The topological polar surface area (TPSA) is 38.3 Å². The second kappa shape index (κ2) is 7.65. The number of benzene rings is 2. The Morgan fingerprint density at radius 3 is 2.55 bits per heavy atom. The Kier molecular flexibility index (Phi) is 5.85. The van der Waals surface area contributed by atoms with E-state index in [1.54, 1.807) is 20.1 Å². The van der Waals surface area contributed by atoms with Crippen molar-refractivity contribution in [3.8, 4) is 5.75 Å². The molecule has 0 saturated heterocycles. The van der Waals surface area contributed by atoms with E-state index < -0.39 is 5.82 Å². The largest absolute Gasteiger partial charge is 0.497 e. The molecule has 116 valence electrons. The highest BCUT2D eigenvalue weighted by Crippen LogP contribution is 2.27. The van der Waals surface area contributed by atoms with Crippen molar-refractivity contribution >= 4 is 39.3 Å². The summed E-state index contributed by atoms with van der Waals surface area (Å²) in [6, 6.07) is 12.0. The zero-order valence-corrected chi connectivity index (χ0v) is 14.5. The fourth-order valence-electron chi connectivity index (χ4n) is 1.74. The summed E-state index contributed by atoms with van der Waals surface area (Å²) >= 11 is 4.58. The minimum atomic E-state index is -0.468. The number of ether oxygens (including phenoxy) is 1. The van der Waals surface area contributed by atoms with Gasteiger partial charge in [-0.2, -0.15) is 0 Å². The number of nitrogens with one attached hydrogen (secondary N) is 1. The van der Waals surface area contributed by atoms with Gasteiger partial charge in [0.25, 0.3) is 0 Å². The molecule has 2 aromatic carbocycles. The quantitative estimate of drug-likeness (QED) is 0.759. The molecule has 1 amide bonds. The molecule has 0 aromatic heterocycles. The lowest BCUT2D eigenvalue weighted by atomic mass is 10.3. The molecule has 22 heavy (non-hydrogen) atoms. The molecule has 1 atom stereocenters. The Labute approximate surface area is 141 Å². The van der Waals surface area contributed by atoms with Gasteiger partial charge in [0, 0.05) is 9.37 Å². The molecular weight excluding hydrogens is 369 g/mol. The number of amides is 1. The van der Waals surface area contributed by atoms with Crippen LogP contribution in [0.3, 0.4) is 0 Å². The molecule has 6 heteroatoms. The van der Waals surface area contributed by atoms with Crippen molar-refractivity contribution < 1.29 is 13.9 Å². The van der Waals surface area contributed by atoms with Crippen molar-refractivity contribution in [1.29, 1.82) is 0 Å². The molecule has 0 aliphatic heterocycles. The van der Waals surface area contributed by atoms with E-state index in [0.717, 1.165) is 10.6 Å². The lowest BCUT2D eigenvalue weighted by Gasteiger charge is -2.13. The number of thioether (sulfide) groups is 1. The molecule has 2 aromatic rings. The van der Waals surface area contributed by atoms with Crippen LogP contribution in [0.15, 0.2) is 51.8 Å². The standard InChI is InChI=1S/C16H15BrFNO2S/c1-10(22-13-6-4-12(21-2)5-7-13)16(20)19-15-8-3-11(17)9-14(15)18/h3-10H,1-2H3,(H,19,20)/t10-/m0/s1. The number of carbonyl (C=O) groups excluding carboxylic acids is 1. The predicted molar refractivity (Wildman–Crippen MR) is 91.0 cm³/mol. The second-order valence-electron chi connectivity index (χ2n) is 4.55. The highest BCUT2D eigenvalue weighted by molar-refractivity contribution is 9.10. The maximum Gasteiger partial charge on any atom is 0.237 e. The van der Waals surface area contributed by atoms with E-state index in [9.17, 15) is 9.18 Å². The average Bonchev–Trinajstić information content (AvgIpc) is 2.50. The van der Waals surface area contributed by atoms with Crippen LogP contribution in [0, 0.1) is 5.82 Å². The summed E-state index contributed by atoms with van der Waals surface area (Å²) in [7, 11) is 1.60. The molecule has 2 rings (SSSR count). The lowest BCUT2D eigenvalue weighted by molar-refractivity contribution is -0.115. The Balaban J connectivity index is 1.99. The van der Waals surface area contributed by atoms with E-state index >= 15 is 0 Å². The molecule has 0 bridgehead atoms. The number of rotatable bonds is 5. The van der Waals surface area contributed by atoms with Crippen LogP contribution in [0.5, 0.6) is 5.75 Å². The maximum atomic E-state index is 13.7. The predicted octanol–water partition coefficient (Wildman–Crippen LogP) is 4.72. The molecule has 0 heterocycles. The molecule has 0 aliphatic carbocycles. The van der Waals surface area contributed by atoms with E-state index in [1.807, 2.05) is 24.3 Å². The van der Waals surface area contributed by atoms with Crippen molar-refractivity contribution in [2.45, 2.75) is 17.1 Å². The van der Waals surface area contributed by atoms with Gasteiger partial charge in [0.2, 0.25) is 5.91 Å². The first-order chi connectivity index (χ1) is 10.5. The van der Waals surface area contributed by atoms with Gasteiger partial charge in [0.15, 0.2) is 0 Å². The molecule has 0 unspecified atom stereocenters. The molecule has 1 N–H and O–H groups in total. The van der Waals surface area contributed by atoms with E-state index in [-0.39, 0.29) is 16.8 Å². The SMILES string of the molecule is COc1ccc(S[C@@H](C)C(=O)Nc2ccc(Br)cc2F)cc1. The molecule has 0 aliphatic rings. The monoisotopic (exact) mass is 383 g/mol. The molecular formula is C16H15BrFNO2S. The van der Waals surface area contributed by atoms with Gasteiger partial charge in [0.1, 0.15) is 11.6 Å². The van der Waals surface area contributed by atoms with Crippen molar-refractivity contribution in [3.05, 3.63) is 52.8 Å². The summed E-state index contributed by atoms with van der Waals surface area (Å²) in [5.41, 5.74) is 0.176. The summed E-state index contributed by atoms with van der Waals surface area (Å²) in [5, 5.41) is 2.25. The van der Waals surface area contributed by atoms with Gasteiger partial charge >= 0.3 is 0 Å². The summed E-state index contributed by atoms with van der Waals surface area (Å²) in [5.74, 6) is 0.0461. The Morgan fingerprint density at radius 2 is 1.95 bits per heavy atom. The summed E-state index contributed by atoms with van der Waals surface area (Å²) < 4.78 is 19.4.